The highest BCUT2D eigenvalue weighted by Gasteiger charge is 2.29. The van der Waals surface area contributed by atoms with Crippen LogP contribution in [0.4, 0.5) is 0 Å². The van der Waals surface area contributed by atoms with Gasteiger partial charge in [-0.25, -0.2) is 0 Å². The van der Waals surface area contributed by atoms with Crippen LogP contribution in [0.25, 0.3) is 20.2 Å². The topological polar surface area (TPSA) is 18.5 Å². The molecule has 0 N–H and O–H groups in total. The molecule has 0 radical (unpaired) electrons. The molecule has 0 aliphatic heterocycles. The van der Waals surface area contributed by atoms with Gasteiger partial charge >= 0.3 is 0 Å². The van der Waals surface area contributed by atoms with Crippen LogP contribution >= 0.6 is 22.7 Å². The summed E-state index contributed by atoms with van der Waals surface area (Å²) >= 11 is 3.96. The lowest BCUT2D eigenvalue weighted by atomic mass is 10.0. The molecular weight excluding hydrogens is 537 g/mol. The van der Waals surface area contributed by atoms with E-state index in [0.29, 0.717) is 11.8 Å². The number of fused-ring (bicyclic) bond motifs is 2. The molecule has 0 aliphatic rings. The zero-order valence-electron chi connectivity index (χ0n) is 26.0. The van der Waals surface area contributed by atoms with Crippen molar-refractivity contribution in [3.05, 3.63) is 12.1 Å². The fourth-order valence-corrected chi connectivity index (χ4v) is 11.0. The van der Waals surface area contributed by atoms with Crippen molar-refractivity contribution >= 4 is 68.0 Å². The minimum absolute atomic E-state index is 0.617. The van der Waals surface area contributed by atoms with Crippen molar-refractivity contribution in [2.75, 3.05) is 13.2 Å². The average molecular weight is 591 g/mol. The van der Waals surface area contributed by atoms with Crippen molar-refractivity contribution in [2.45, 2.75) is 118 Å². The normalized spacial score (nSPS) is 14.4. The van der Waals surface area contributed by atoms with Gasteiger partial charge in [0.1, 0.15) is 11.5 Å². The first-order valence-electron chi connectivity index (χ1n) is 15.2. The first-order chi connectivity index (χ1) is 17.9. The number of hydrogen-bond acceptors (Lipinski definition) is 4. The van der Waals surface area contributed by atoms with Crippen LogP contribution in [0.3, 0.4) is 0 Å². The molecule has 0 amide bonds. The minimum atomic E-state index is -1.48. The van der Waals surface area contributed by atoms with Gasteiger partial charge in [-0.05, 0) is 45.8 Å². The summed E-state index contributed by atoms with van der Waals surface area (Å²) in [6.45, 7) is 25.6. The van der Waals surface area contributed by atoms with E-state index in [0.717, 1.165) is 24.7 Å². The van der Waals surface area contributed by atoms with Gasteiger partial charge in [-0.1, -0.05) is 106 Å². The number of rotatable bonds is 16. The number of unbranched alkanes of at least 4 members (excludes halogenated alkanes) is 2. The summed E-state index contributed by atoms with van der Waals surface area (Å²) in [5.74, 6) is 3.49. The van der Waals surface area contributed by atoms with Crippen molar-refractivity contribution in [3.63, 3.8) is 0 Å². The van der Waals surface area contributed by atoms with E-state index in [1.54, 1.807) is 9.00 Å². The summed E-state index contributed by atoms with van der Waals surface area (Å²) in [6, 6.07) is 4.95. The van der Waals surface area contributed by atoms with Gasteiger partial charge in [0, 0.05) is 10.8 Å². The first kappa shape index (κ1) is 31.7. The fraction of sp³-hybridized carbons (Fsp3) is 0.688. The van der Waals surface area contributed by atoms with E-state index in [1.807, 2.05) is 22.7 Å². The van der Waals surface area contributed by atoms with Gasteiger partial charge in [-0.2, -0.15) is 0 Å². The lowest BCUT2D eigenvalue weighted by Gasteiger charge is -2.19. The van der Waals surface area contributed by atoms with Crippen LogP contribution < -0.4 is 18.5 Å². The third-order valence-corrected chi connectivity index (χ3v) is 17.3. The summed E-state index contributed by atoms with van der Waals surface area (Å²) in [5.41, 5.74) is 0. The molecular formula is C32H54O2S2Si2. The minimum Gasteiger partial charge on any atom is -0.491 e. The summed E-state index contributed by atoms with van der Waals surface area (Å²) in [5, 5.41) is 2.59. The van der Waals surface area contributed by atoms with Gasteiger partial charge < -0.3 is 9.47 Å². The summed E-state index contributed by atoms with van der Waals surface area (Å²) < 4.78 is 19.5. The maximum absolute atomic E-state index is 6.88. The Labute approximate surface area is 243 Å². The predicted octanol–water partition coefficient (Wildman–Crippen LogP) is 10.4. The van der Waals surface area contributed by atoms with Gasteiger partial charge in [0.2, 0.25) is 0 Å². The molecule has 6 heteroatoms. The Morgan fingerprint density at radius 2 is 1.00 bits per heavy atom. The lowest BCUT2D eigenvalue weighted by molar-refractivity contribution is 0.235. The Morgan fingerprint density at radius 3 is 1.29 bits per heavy atom. The van der Waals surface area contributed by atoms with Crippen LogP contribution in [0.2, 0.25) is 39.3 Å². The van der Waals surface area contributed by atoms with Crippen molar-refractivity contribution in [1.82, 2.24) is 0 Å². The Morgan fingerprint density at radius 1 is 0.632 bits per heavy atom. The van der Waals surface area contributed by atoms with Crippen molar-refractivity contribution in [3.8, 4) is 11.5 Å². The highest BCUT2D eigenvalue weighted by atomic mass is 32.1. The highest BCUT2D eigenvalue weighted by molar-refractivity contribution is 7.33. The van der Waals surface area contributed by atoms with Crippen LogP contribution in [0.15, 0.2) is 12.1 Å². The Bertz CT molecular complexity index is 1020. The zero-order chi connectivity index (χ0) is 28.1. The number of ether oxygens (including phenoxy) is 2. The molecule has 0 fully saturated rings. The van der Waals surface area contributed by atoms with Gasteiger partial charge in [0.05, 0.1) is 38.8 Å². The second kappa shape index (κ2) is 13.7. The molecule has 3 rings (SSSR count). The summed E-state index contributed by atoms with van der Waals surface area (Å²) in [4.78, 5) is 0. The number of hydrogen-bond donors (Lipinski definition) is 0. The third kappa shape index (κ3) is 7.67. The first-order valence-corrected chi connectivity index (χ1v) is 23.9. The maximum atomic E-state index is 6.88. The molecule has 0 saturated heterocycles. The van der Waals surface area contributed by atoms with Gasteiger partial charge in [0.15, 0.2) is 0 Å². The quantitative estimate of drug-likeness (QED) is 0.154. The van der Waals surface area contributed by atoms with Gasteiger partial charge in [-0.15, -0.1) is 22.7 Å². The van der Waals surface area contributed by atoms with E-state index >= 15 is 0 Å². The molecule has 3 aromatic rings. The molecule has 2 aromatic heterocycles. The van der Waals surface area contributed by atoms with Crippen LogP contribution in [0.1, 0.15) is 79.1 Å². The summed E-state index contributed by atoms with van der Waals surface area (Å²) in [7, 11) is -2.96. The molecule has 0 bridgehead atoms. The summed E-state index contributed by atoms with van der Waals surface area (Å²) in [6.07, 6.45) is 9.94. The molecule has 214 valence electrons. The second-order valence-corrected chi connectivity index (χ2v) is 26.2. The van der Waals surface area contributed by atoms with Gasteiger partial charge in [-0.3, -0.25) is 0 Å². The highest BCUT2D eigenvalue weighted by Crippen LogP contribution is 2.48. The Hall–Kier alpha value is -0.826. The molecule has 38 heavy (non-hydrogen) atoms. The van der Waals surface area contributed by atoms with Crippen LogP contribution in [0, 0.1) is 11.8 Å². The molecule has 2 nitrogen and oxygen atoms in total. The van der Waals surface area contributed by atoms with Crippen LogP contribution in [-0.2, 0) is 0 Å². The van der Waals surface area contributed by atoms with Gasteiger partial charge in [0.25, 0.3) is 0 Å². The predicted molar refractivity (Wildman–Crippen MR) is 181 cm³/mol. The monoisotopic (exact) mass is 590 g/mol. The van der Waals surface area contributed by atoms with E-state index in [-0.39, 0.29) is 0 Å². The Balaban J connectivity index is 2.18. The molecule has 0 aliphatic carbocycles. The van der Waals surface area contributed by atoms with Crippen LogP contribution in [-0.4, -0.2) is 29.4 Å². The van der Waals surface area contributed by atoms with E-state index in [2.05, 4.69) is 79.1 Å². The molecule has 2 heterocycles. The van der Waals surface area contributed by atoms with Crippen molar-refractivity contribution in [1.29, 1.82) is 0 Å². The zero-order valence-corrected chi connectivity index (χ0v) is 29.6. The Kier molecular flexibility index (Phi) is 11.4. The standard InChI is InChI=1S/C32H54O2S2Si2/c1-11-15-17-23(13-3)21-33-29-25-19-27(37(5,6)7)36-32(25)30(34-22-24(14-4)18-16-12-2)26-20-28(35-31(26)29)38(8,9)10/h19-20,23-24H,11-18,21-22H2,1-10H3. The van der Waals surface area contributed by atoms with E-state index in [4.69, 9.17) is 9.47 Å². The molecule has 2 atom stereocenters. The molecule has 0 spiro atoms. The van der Waals surface area contributed by atoms with Crippen molar-refractivity contribution in [2.24, 2.45) is 11.8 Å². The number of benzene rings is 1. The largest absolute Gasteiger partial charge is 0.491 e. The molecule has 2 unspecified atom stereocenters. The van der Waals surface area contributed by atoms with E-state index < -0.39 is 16.1 Å². The SMILES string of the molecule is CCCCC(CC)COc1c2cc([Si](C)(C)C)sc2c(OCC(CC)CCCC)c2cc([Si](C)(C)C)sc12. The van der Waals surface area contributed by atoms with Crippen molar-refractivity contribution < 1.29 is 9.47 Å². The fourth-order valence-electron chi connectivity index (χ4n) is 4.93. The van der Waals surface area contributed by atoms with E-state index in [1.165, 1.54) is 71.5 Å². The number of thiophene rings is 2. The lowest BCUT2D eigenvalue weighted by Crippen LogP contribution is -2.34. The smallest absolute Gasteiger partial charge is 0.146 e. The average Bonchev–Trinajstić information content (AvgIpc) is 3.50. The maximum Gasteiger partial charge on any atom is 0.146 e. The third-order valence-electron chi connectivity index (χ3n) is 7.86. The molecule has 1 aromatic carbocycles. The van der Waals surface area contributed by atoms with Crippen LogP contribution in [0.5, 0.6) is 11.5 Å². The molecule has 0 saturated carbocycles. The van der Waals surface area contributed by atoms with E-state index in [9.17, 15) is 0 Å². The second-order valence-electron chi connectivity index (χ2n) is 13.3.